The van der Waals surface area contributed by atoms with E-state index < -0.39 is 5.82 Å². The molecule has 3 nitrogen and oxygen atoms in total. The molecule has 1 saturated heterocycles. The van der Waals surface area contributed by atoms with Gasteiger partial charge in [-0.1, -0.05) is 30.9 Å². The maximum absolute atomic E-state index is 13.8. The number of hydrogen-bond acceptors (Lipinski definition) is 3. The van der Waals surface area contributed by atoms with Gasteiger partial charge in [0.1, 0.15) is 10.8 Å². The van der Waals surface area contributed by atoms with E-state index in [1.54, 1.807) is 13.0 Å². The predicted octanol–water partition coefficient (Wildman–Crippen LogP) is 5.88. The zero-order valence-electron chi connectivity index (χ0n) is 15.1. The molecule has 0 unspecified atom stereocenters. The van der Waals surface area contributed by atoms with Crippen molar-refractivity contribution < 1.29 is 4.39 Å². The lowest BCUT2D eigenvalue weighted by Crippen LogP contribution is -2.57. The normalized spacial score (nSPS) is 18.7. The van der Waals surface area contributed by atoms with Gasteiger partial charge in [0.15, 0.2) is 0 Å². The number of benzene rings is 2. The fourth-order valence-corrected chi connectivity index (χ4v) is 4.60. The maximum Gasteiger partial charge on any atom is 0.146 e. The maximum atomic E-state index is 13.8. The third kappa shape index (κ3) is 3.11. The lowest BCUT2D eigenvalue weighted by Gasteiger charge is -2.53. The van der Waals surface area contributed by atoms with E-state index in [9.17, 15) is 4.39 Å². The molecule has 3 N–H and O–H groups in total. The van der Waals surface area contributed by atoms with Gasteiger partial charge in [-0.2, -0.15) is 0 Å². The van der Waals surface area contributed by atoms with Crippen LogP contribution in [0.15, 0.2) is 30.3 Å². The average Bonchev–Trinajstić information content (AvgIpc) is 2.64. The van der Waals surface area contributed by atoms with Gasteiger partial charge in [0.05, 0.1) is 11.4 Å². The number of hydrogen-bond donors (Lipinski definition) is 2. The van der Waals surface area contributed by atoms with Gasteiger partial charge in [0, 0.05) is 29.9 Å². The van der Waals surface area contributed by atoms with Crippen molar-refractivity contribution in [2.75, 3.05) is 29.0 Å². The van der Waals surface area contributed by atoms with Gasteiger partial charge in [-0.3, -0.25) is 0 Å². The highest BCUT2D eigenvalue weighted by Gasteiger charge is 2.43. The molecule has 1 spiro atoms. The molecule has 2 aromatic rings. The van der Waals surface area contributed by atoms with Crippen molar-refractivity contribution in [1.29, 1.82) is 0 Å². The number of halogens is 2. The Labute approximate surface area is 159 Å². The molecular weight excluding hydrogens is 349 g/mol. The van der Waals surface area contributed by atoms with Gasteiger partial charge in [-0.25, -0.2) is 4.39 Å². The smallest absolute Gasteiger partial charge is 0.146 e. The lowest BCUT2D eigenvalue weighted by molar-refractivity contribution is 0.139. The zero-order valence-corrected chi connectivity index (χ0v) is 15.9. The summed E-state index contributed by atoms with van der Waals surface area (Å²) in [5.74, 6) is -0.459. The number of nitrogens with zero attached hydrogens (tertiary/aromatic N) is 1. The van der Waals surface area contributed by atoms with E-state index in [2.05, 4.69) is 22.3 Å². The van der Waals surface area contributed by atoms with Gasteiger partial charge in [0.25, 0.3) is 0 Å². The largest absolute Gasteiger partial charge is 0.396 e. The molecule has 0 atom stereocenters. The molecule has 1 saturated carbocycles. The van der Waals surface area contributed by atoms with Crippen molar-refractivity contribution in [2.45, 2.75) is 39.0 Å². The fraction of sp³-hybridized carbons (Fsp3) is 0.429. The second kappa shape index (κ2) is 6.66. The molecule has 26 heavy (non-hydrogen) atoms. The molecule has 1 aliphatic heterocycles. The van der Waals surface area contributed by atoms with Crippen molar-refractivity contribution in [3.63, 3.8) is 0 Å². The highest BCUT2D eigenvalue weighted by Crippen LogP contribution is 2.45. The summed E-state index contributed by atoms with van der Waals surface area (Å²) in [4.78, 5) is 2.46. The van der Waals surface area contributed by atoms with Crippen LogP contribution < -0.4 is 16.0 Å². The quantitative estimate of drug-likeness (QED) is 0.659. The molecule has 5 heteroatoms. The van der Waals surface area contributed by atoms with E-state index in [-0.39, 0.29) is 10.7 Å². The second-order valence-electron chi connectivity index (χ2n) is 7.87. The van der Waals surface area contributed by atoms with Gasteiger partial charge in [-0.05, 0) is 55.7 Å². The van der Waals surface area contributed by atoms with Crippen LogP contribution in [0.3, 0.4) is 0 Å². The molecule has 0 bridgehead atoms. The first-order valence-corrected chi connectivity index (χ1v) is 9.71. The van der Waals surface area contributed by atoms with Crippen molar-refractivity contribution in [1.82, 2.24) is 0 Å². The van der Waals surface area contributed by atoms with E-state index >= 15 is 0 Å². The Bertz CT molecular complexity index is 805. The van der Waals surface area contributed by atoms with Crippen molar-refractivity contribution in [3.05, 3.63) is 46.7 Å². The Morgan fingerprint density at radius 2 is 1.77 bits per heavy atom. The van der Waals surface area contributed by atoms with Crippen molar-refractivity contribution >= 4 is 34.4 Å². The Morgan fingerprint density at radius 3 is 2.42 bits per heavy atom. The molecule has 2 fully saturated rings. The SMILES string of the molecule is Cc1cc(Nc2ccc(N3CC4(CCCCC4)C3)cc2)c(N)c(Cl)c1F. The Kier molecular flexibility index (Phi) is 4.47. The number of nitrogens with one attached hydrogen (secondary N) is 1. The van der Waals surface area contributed by atoms with Gasteiger partial charge in [-0.15, -0.1) is 0 Å². The molecule has 138 valence electrons. The topological polar surface area (TPSA) is 41.3 Å². The van der Waals surface area contributed by atoms with E-state index in [4.69, 9.17) is 17.3 Å². The van der Waals surface area contributed by atoms with Crippen LogP contribution in [0.2, 0.25) is 5.02 Å². The summed E-state index contributed by atoms with van der Waals surface area (Å²) in [6.45, 7) is 4.04. The first-order valence-electron chi connectivity index (χ1n) is 9.34. The molecule has 2 aromatic carbocycles. The van der Waals surface area contributed by atoms with Gasteiger partial charge >= 0.3 is 0 Å². The lowest BCUT2D eigenvalue weighted by atomic mass is 9.68. The van der Waals surface area contributed by atoms with Crippen molar-refractivity contribution in [3.8, 4) is 0 Å². The summed E-state index contributed by atoms with van der Waals surface area (Å²) >= 11 is 5.97. The molecule has 1 aliphatic carbocycles. The number of rotatable bonds is 3. The fourth-order valence-electron chi connectivity index (χ4n) is 4.35. The highest BCUT2D eigenvalue weighted by atomic mass is 35.5. The Morgan fingerprint density at radius 1 is 1.12 bits per heavy atom. The molecule has 4 rings (SSSR count). The molecule has 0 radical (unpaired) electrons. The summed E-state index contributed by atoms with van der Waals surface area (Å²) < 4.78 is 13.8. The standard InChI is InChI=1S/C21H25ClFN3/c1-14-11-17(20(24)18(22)19(14)23)25-15-5-7-16(8-6-15)26-12-21(13-26)9-3-2-4-10-21/h5-8,11,25H,2-4,9-10,12-13,24H2,1H3. The average molecular weight is 374 g/mol. The minimum Gasteiger partial charge on any atom is -0.396 e. The predicted molar refractivity (Wildman–Crippen MR) is 108 cm³/mol. The number of aryl methyl sites for hydroxylation is 1. The third-order valence-corrected chi connectivity index (χ3v) is 6.27. The van der Waals surface area contributed by atoms with E-state index in [1.165, 1.54) is 50.9 Å². The molecule has 0 amide bonds. The van der Waals surface area contributed by atoms with Crippen LogP contribution >= 0.6 is 11.6 Å². The Hall–Kier alpha value is -1.94. The number of nitrogens with two attached hydrogens (primary N) is 1. The van der Waals surface area contributed by atoms with Crippen LogP contribution in [-0.4, -0.2) is 13.1 Å². The second-order valence-corrected chi connectivity index (χ2v) is 8.25. The minimum absolute atomic E-state index is 0.0255. The molecule has 2 aliphatic rings. The third-order valence-electron chi connectivity index (χ3n) is 5.90. The van der Waals surface area contributed by atoms with Crippen LogP contribution in [-0.2, 0) is 0 Å². The summed E-state index contributed by atoms with van der Waals surface area (Å²) in [6.07, 6.45) is 6.94. The van der Waals surface area contributed by atoms with Crippen LogP contribution in [0.5, 0.6) is 0 Å². The number of nitrogen functional groups attached to an aromatic ring is 1. The van der Waals surface area contributed by atoms with Crippen LogP contribution in [0.1, 0.15) is 37.7 Å². The first kappa shape index (κ1) is 17.5. The van der Waals surface area contributed by atoms with Gasteiger partial charge in [0.2, 0.25) is 0 Å². The Balaban J connectivity index is 1.44. The van der Waals surface area contributed by atoms with Crippen LogP contribution in [0.25, 0.3) is 0 Å². The van der Waals surface area contributed by atoms with E-state index in [0.717, 1.165) is 5.69 Å². The van der Waals surface area contributed by atoms with E-state index in [0.29, 0.717) is 16.7 Å². The van der Waals surface area contributed by atoms with Crippen LogP contribution in [0.4, 0.5) is 27.1 Å². The summed E-state index contributed by atoms with van der Waals surface area (Å²) in [5.41, 5.74) is 10.0. The first-order chi connectivity index (χ1) is 12.5. The van der Waals surface area contributed by atoms with Gasteiger partial charge < -0.3 is 16.0 Å². The highest BCUT2D eigenvalue weighted by molar-refractivity contribution is 6.34. The summed E-state index contributed by atoms with van der Waals surface area (Å²) in [6, 6.07) is 10.0. The number of anilines is 4. The molecule has 0 aromatic heterocycles. The zero-order chi connectivity index (χ0) is 18.3. The molecule has 1 heterocycles. The summed E-state index contributed by atoms with van der Waals surface area (Å²) in [7, 11) is 0. The summed E-state index contributed by atoms with van der Waals surface area (Å²) in [5, 5.41) is 3.22. The van der Waals surface area contributed by atoms with Crippen LogP contribution in [0, 0.1) is 18.2 Å². The minimum atomic E-state index is -0.459. The monoisotopic (exact) mass is 373 g/mol. The van der Waals surface area contributed by atoms with Crippen molar-refractivity contribution in [2.24, 2.45) is 5.41 Å². The van der Waals surface area contributed by atoms with E-state index in [1.807, 2.05) is 12.1 Å². The molecular formula is C21H25ClFN3.